The van der Waals surface area contributed by atoms with E-state index in [1.54, 1.807) is 0 Å². The zero-order chi connectivity index (χ0) is 13.0. The van der Waals surface area contributed by atoms with Gasteiger partial charge in [0.05, 0.1) is 0 Å². The molecular formula is C15H23ClN2O. The highest BCUT2D eigenvalue weighted by atomic mass is 35.5. The standard InChI is InChI=1S/C15H22N2O.ClH/c1-12-6-3-4-8-14(12)15(18)17(2)13-7-5-10-16-11-9-13;/h3-4,6,8,13,16H,5,7,9-11H2,1-2H3;1H. The summed E-state index contributed by atoms with van der Waals surface area (Å²) in [5.41, 5.74) is 1.89. The molecule has 1 fully saturated rings. The van der Waals surface area contributed by atoms with Crippen molar-refractivity contribution in [2.75, 3.05) is 20.1 Å². The zero-order valence-corrected chi connectivity index (χ0v) is 12.5. The van der Waals surface area contributed by atoms with E-state index in [9.17, 15) is 4.79 Å². The maximum absolute atomic E-state index is 12.5. The van der Waals surface area contributed by atoms with Crippen LogP contribution in [0.25, 0.3) is 0 Å². The van der Waals surface area contributed by atoms with Gasteiger partial charge in [-0.05, 0) is 50.9 Å². The fourth-order valence-corrected chi connectivity index (χ4v) is 2.56. The van der Waals surface area contributed by atoms with Crippen molar-refractivity contribution in [2.24, 2.45) is 0 Å². The molecule has 1 N–H and O–H groups in total. The van der Waals surface area contributed by atoms with Gasteiger partial charge in [0.2, 0.25) is 0 Å². The molecule has 0 aliphatic carbocycles. The Morgan fingerprint density at radius 1 is 1.26 bits per heavy atom. The van der Waals surface area contributed by atoms with Crippen molar-refractivity contribution in [2.45, 2.75) is 32.2 Å². The van der Waals surface area contributed by atoms with Crippen molar-refractivity contribution < 1.29 is 4.79 Å². The van der Waals surface area contributed by atoms with Crippen LogP contribution >= 0.6 is 12.4 Å². The van der Waals surface area contributed by atoms with Crippen molar-refractivity contribution in [1.29, 1.82) is 0 Å². The van der Waals surface area contributed by atoms with E-state index in [0.29, 0.717) is 6.04 Å². The van der Waals surface area contributed by atoms with Crippen LogP contribution < -0.4 is 5.32 Å². The van der Waals surface area contributed by atoms with Crippen LogP contribution in [0.4, 0.5) is 0 Å². The SMILES string of the molecule is Cc1ccccc1C(=O)N(C)C1CCCNCC1.Cl. The number of aryl methyl sites for hydroxylation is 1. The van der Waals surface area contributed by atoms with Crippen LogP contribution in [-0.4, -0.2) is 37.0 Å². The molecule has 106 valence electrons. The molecule has 0 saturated carbocycles. The second-order valence-electron chi connectivity index (χ2n) is 5.07. The van der Waals surface area contributed by atoms with Gasteiger partial charge in [0.15, 0.2) is 0 Å². The highest BCUT2D eigenvalue weighted by molar-refractivity contribution is 5.95. The molecule has 1 aliphatic heterocycles. The van der Waals surface area contributed by atoms with Gasteiger partial charge in [0.1, 0.15) is 0 Å². The molecule has 1 heterocycles. The summed E-state index contributed by atoms with van der Waals surface area (Å²) in [6, 6.07) is 8.19. The molecule has 0 spiro atoms. The molecule has 0 aromatic heterocycles. The van der Waals surface area contributed by atoms with E-state index in [4.69, 9.17) is 0 Å². The van der Waals surface area contributed by atoms with Gasteiger partial charge in [0, 0.05) is 18.7 Å². The van der Waals surface area contributed by atoms with E-state index in [-0.39, 0.29) is 18.3 Å². The van der Waals surface area contributed by atoms with Crippen LogP contribution in [0.3, 0.4) is 0 Å². The Morgan fingerprint density at radius 2 is 2.00 bits per heavy atom. The van der Waals surface area contributed by atoms with Crippen LogP contribution in [0.1, 0.15) is 35.2 Å². The fourth-order valence-electron chi connectivity index (χ4n) is 2.56. The minimum absolute atomic E-state index is 0. The third kappa shape index (κ3) is 3.95. The first-order valence-corrected chi connectivity index (χ1v) is 6.73. The predicted octanol–water partition coefficient (Wildman–Crippen LogP) is 2.63. The first-order chi connectivity index (χ1) is 8.70. The highest BCUT2D eigenvalue weighted by Crippen LogP contribution is 2.16. The monoisotopic (exact) mass is 282 g/mol. The molecule has 1 aromatic rings. The van der Waals surface area contributed by atoms with Gasteiger partial charge in [-0.1, -0.05) is 18.2 Å². The lowest BCUT2D eigenvalue weighted by molar-refractivity contribution is 0.0719. The summed E-state index contributed by atoms with van der Waals surface area (Å²) in [4.78, 5) is 14.4. The lowest BCUT2D eigenvalue weighted by Gasteiger charge is -2.27. The van der Waals surface area contributed by atoms with E-state index < -0.39 is 0 Å². The Hall–Kier alpha value is -1.06. The summed E-state index contributed by atoms with van der Waals surface area (Å²) >= 11 is 0. The van der Waals surface area contributed by atoms with E-state index >= 15 is 0 Å². The minimum atomic E-state index is 0. The van der Waals surface area contributed by atoms with E-state index in [2.05, 4.69) is 5.32 Å². The highest BCUT2D eigenvalue weighted by Gasteiger charge is 2.22. The number of carbonyl (C=O) groups is 1. The number of hydrogen-bond acceptors (Lipinski definition) is 2. The number of amides is 1. The van der Waals surface area contributed by atoms with Gasteiger partial charge in [-0.15, -0.1) is 12.4 Å². The molecule has 0 bridgehead atoms. The molecule has 2 rings (SSSR count). The number of halogens is 1. The van der Waals surface area contributed by atoms with Gasteiger partial charge < -0.3 is 10.2 Å². The second kappa shape index (κ2) is 7.51. The average Bonchev–Trinajstić information content (AvgIpc) is 2.66. The Kier molecular flexibility index (Phi) is 6.32. The van der Waals surface area contributed by atoms with Crippen molar-refractivity contribution in [1.82, 2.24) is 10.2 Å². The molecule has 4 heteroatoms. The number of nitrogens with one attached hydrogen (secondary N) is 1. The maximum atomic E-state index is 12.5. The van der Waals surface area contributed by atoms with Crippen molar-refractivity contribution in [3.8, 4) is 0 Å². The largest absolute Gasteiger partial charge is 0.339 e. The van der Waals surface area contributed by atoms with Crippen LogP contribution in [0.15, 0.2) is 24.3 Å². The van der Waals surface area contributed by atoms with E-state index in [1.165, 1.54) is 0 Å². The van der Waals surface area contributed by atoms with Crippen LogP contribution in [0.5, 0.6) is 0 Å². The number of rotatable bonds is 2. The van der Waals surface area contributed by atoms with Crippen LogP contribution in [0, 0.1) is 6.92 Å². The molecule has 19 heavy (non-hydrogen) atoms. The zero-order valence-electron chi connectivity index (χ0n) is 11.7. The van der Waals surface area contributed by atoms with Gasteiger partial charge in [0.25, 0.3) is 5.91 Å². The Balaban J connectivity index is 0.00000180. The minimum Gasteiger partial charge on any atom is -0.339 e. The smallest absolute Gasteiger partial charge is 0.254 e. The fraction of sp³-hybridized carbons (Fsp3) is 0.533. The number of nitrogens with zero attached hydrogens (tertiary/aromatic N) is 1. The van der Waals surface area contributed by atoms with Crippen molar-refractivity contribution >= 4 is 18.3 Å². The van der Waals surface area contributed by atoms with Gasteiger partial charge in [-0.3, -0.25) is 4.79 Å². The first kappa shape index (κ1) is 16.0. The lowest BCUT2D eigenvalue weighted by atomic mass is 10.0. The first-order valence-electron chi connectivity index (χ1n) is 6.73. The molecule has 1 aromatic carbocycles. The number of benzene rings is 1. The van der Waals surface area contributed by atoms with E-state index in [1.807, 2.05) is 43.1 Å². The summed E-state index contributed by atoms with van der Waals surface area (Å²) in [5, 5.41) is 3.38. The molecule has 1 saturated heterocycles. The molecule has 3 nitrogen and oxygen atoms in total. The summed E-state index contributed by atoms with van der Waals surface area (Å²) in [5.74, 6) is 0.153. The van der Waals surface area contributed by atoms with Crippen molar-refractivity contribution in [3.63, 3.8) is 0 Å². The Morgan fingerprint density at radius 3 is 2.74 bits per heavy atom. The molecule has 0 radical (unpaired) electrons. The predicted molar refractivity (Wildman–Crippen MR) is 81.0 cm³/mol. The van der Waals surface area contributed by atoms with Gasteiger partial charge in [-0.25, -0.2) is 0 Å². The van der Waals surface area contributed by atoms with Crippen LogP contribution in [-0.2, 0) is 0 Å². The lowest BCUT2D eigenvalue weighted by Crippen LogP contribution is -2.37. The molecule has 1 unspecified atom stereocenters. The molecule has 1 aliphatic rings. The maximum Gasteiger partial charge on any atom is 0.254 e. The molecular weight excluding hydrogens is 260 g/mol. The summed E-state index contributed by atoms with van der Waals surface area (Å²) < 4.78 is 0. The summed E-state index contributed by atoms with van der Waals surface area (Å²) in [7, 11) is 1.94. The third-order valence-corrected chi connectivity index (χ3v) is 3.79. The Bertz CT molecular complexity index is 414. The normalized spacial score (nSPS) is 19.2. The summed E-state index contributed by atoms with van der Waals surface area (Å²) in [6.07, 6.45) is 3.30. The topological polar surface area (TPSA) is 32.3 Å². The quantitative estimate of drug-likeness (QED) is 0.904. The van der Waals surface area contributed by atoms with Crippen molar-refractivity contribution in [3.05, 3.63) is 35.4 Å². The second-order valence-corrected chi connectivity index (χ2v) is 5.07. The Labute approximate surface area is 121 Å². The van der Waals surface area contributed by atoms with Gasteiger partial charge >= 0.3 is 0 Å². The van der Waals surface area contributed by atoms with Crippen LogP contribution in [0.2, 0.25) is 0 Å². The molecule has 1 atom stereocenters. The average molecular weight is 283 g/mol. The molecule has 1 amide bonds. The van der Waals surface area contributed by atoms with Gasteiger partial charge in [-0.2, -0.15) is 0 Å². The van der Waals surface area contributed by atoms with E-state index in [0.717, 1.165) is 43.5 Å². The third-order valence-electron chi connectivity index (χ3n) is 3.79. The number of carbonyl (C=O) groups excluding carboxylic acids is 1. The summed E-state index contributed by atoms with van der Waals surface area (Å²) in [6.45, 7) is 4.08. The number of hydrogen-bond donors (Lipinski definition) is 1.